The topological polar surface area (TPSA) is 43.2 Å². The minimum Gasteiger partial charge on any atom is -0.377 e. The molecule has 3 heterocycles. The number of hydrogen-bond acceptors (Lipinski definition) is 4. The Morgan fingerprint density at radius 1 is 1.14 bits per heavy atom. The van der Waals surface area contributed by atoms with Crippen molar-refractivity contribution in [2.75, 3.05) is 13.2 Å². The first-order valence-electron chi connectivity index (χ1n) is 10.0. The van der Waals surface area contributed by atoms with E-state index in [1.807, 2.05) is 35.4 Å². The van der Waals surface area contributed by atoms with Crippen LogP contribution in [-0.4, -0.2) is 38.9 Å². The Hall–Kier alpha value is -2.50. The van der Waals surface area contributed by atoms with Crippen molar-refractivity contribution in [3.63, 3.8) is 0 Å². The molecule has 0 spiro atoms. The van der Waals surface area contributed by atoms with Crippen molar-refractivity contribution in [2.24, 2.45) is 0 Å². The number of rotatable bonds is 7. The second-order valence-electron chi connectivity index (χ2n) is 7.67. The average molecular weight is 377 g/mol. The molecule has 0 bridgehead atoms. The quantitative estimate of drug-likeness (QED) is 0.624. The van der Waals surface area contributed by atoms with Gasteiger partial charge in [-0.3, -0.25) is 9.88 Å². The van der Waals surface area contributed by atoms with Crippen LogP contribution in [0.15, 0.2) is 55.0 Å². The van der Waals surface area contributed by atoms with E-state index < -0.39 is 0 Å². The lowest BCUT2D eigenvalue weighted by molar-refractivity contribution is 0.0674. The van der Waals surface area contributed by atoms with Crippen molar-refractivity contribution in [3.8, 4) is 5.69 Å². The third-order valence-electron chi connectivity index (χ3n) is 5.25. The molecule has 0 radical (unpaired) electrons. The summed E-state index contributed by atoms with van der Waals surface area (Å²) in [4.78, 5) is 7.00. The van der Waals surface area contributed by atoms with Crippen molar-refractivity contribution in [1.82, 2.24) is 19.7 Å². The molecule has 1 atom stereocenters. The van der Waals surface area contributed by atoms with Gasteiger partial charge in [0, 0.05) is 44.8 Å². The maximum Gasteiger partial charge on any atom is 0.0719 e. The molecule has 0 saturated carbocycles. The Morgan fingerprint density at radius 3 is 2.79 bits per heavy atom. The van der Waals surface area contributed by atoms with E-state index >= 15 is 0 Å². The average Bonchev–Trinajstić information content (AvgIpc) is 3.36. The fourth-order valence-electron chi connectivity index (χ4n) is 4.12. The van der Waals surface area contributed by atoms with E-state index in [0.717, 1.165) is 44.8 Å². The van der Waals surface area contributed by atoms with E-state index in [1.54, 1.807) is 0 Å². The summed E-state index contributed by atoms with van der Waals surface area (Å²) in [6, 6.07) is 12.6. The highest BCUT2D eigenvalue weighted by atomic mass is 16.5. The van der Waals surface area contributed by atoms with Crippen LogP contribution in [0, 0.1) is 13.8 Å². The van der Waals surface area contributed by atoms with Gasteiger partial charge in [0.15, 0.2) is 0 Å². The molecule has 3 aromatic rings. The molecule has 2 aromatic heterocycles. The predicted molar refractivity (Wildman–Crippen MR) is 110 cm³/mol. The number of nitrogens with zero attached hydrogens (tertiary/aromatic N) is 4. The summed E-state index contributed by atoms with van der Waals surface area (Å²) < 4.78 is 7.91. The van der Waals surface area contributed by atoms with E-state index in [9.17, 15) is 0 Å². The van der Waals surface area contributed by atoms with Crippen LogP contribution in [0.5, 0.6) is 0 Å². The number of aromatic nitrogens is 3. The SMILES string of the molecule is Cc1cc(C)c(-n2cccn2)c(CN(Cc2ccccn2)C[C@H]2CCCO2)c1. The van der Waals surface area contributed by atoms with E-state index in [2.05, 4.69) is 53.1 Å². The Kier molecular flexibility index (Phi) is 5.84. The number of benzene rings is 1. The monoisotopic (exact) mass is 376 g/mol. The number of hydrogen-bond donors (Lipinski definition) is 0. The normalized spacial score (nSPS) is 16.8. The van der Waals surface area contributed by atoms with Crippen molar-refractivity contribution >= 4 is 0 Å². The Bertz CT molecular complexity index is 886. The van der Waals surface area contributed by atoms with Crippen LogP contribution in [0.4, 0.5) is 0 Å². The third-order valence-corrected chi connectivity index (χ3v) is 5.25. The zero-order chi connectivity index (χ0) is 19.3. The fourth-order valence-corrected chi connectivity index (χ4v) is 4.12. The lowest BCUT2D eigenvalue weighted by atomic mass is 10.0. The fraction of sp³-hybridized carbons (Fsp3) is 0.391. The molecule has 1 aliphatic rings. The lowest BCUT2D eigenvalue weighted by Gasteiger charge is -2.26. The largest absolute Gasteiger partial charge is 0.377 e. The Balaban J connectivity index is 1.64. The van der Waals surface area contributed by atoms with Gasteiger partial charge in [-0.1, -0.05) is 23.8 Å². The molecule has 4 rings (SSSR count). The first kappa shape index (κ1) is 18.8. The molecule has 0 aliphatic carbocycles. The van der Waals surface area contributed by atoms with Crippen LogP contribution in [0.3, 0.4) is 0 Å². The van der Waals surface area contributed by atoms with Gasteiger partial charge >= 0.3 is 0 Å². The van der Waals surface area contributed by atoms with E-state index in [4.69, 9.17) is 4.74 Å². The molecule has 5 nitrogen and oxygen atoms in total. The van der Waals surface area contributed by atoms with E-state index in [0.29, 0.717) is 6.10 Å². The van der Waals surface area contributed by atoms with Crippen LogP contribution in [0.1, 0.15) is 35.2 Å². The molecule has 1 fully saturated rings. The van der Waals surface area contributed by atoms with E-state index in [1.165, 1.54) is 22.4 Å². The maximum absolute atomic E-state index is 5.93. The second kappa shape index (κ2) is 8.67. The molecule has 1 aliphatic heterocycles. The minimum atomic E-state index is 0.308. The van der Waals surface area contributed by atoms with Gasteiger partial charge in [-0.2, -0.15) is 5.10 Å². The van der Waals surface area contributed by atoms with Crippen LogP contribution < -0.4 is 0 Å². The summed E-state index contributed by atoms with van der Waals surface area (Å²) in [5.74, 6) is 0. The number of pyridine rings is 1. The van der Waals surface area contributed by atoms with Crippen molar-refractivity contribution in [2.45, 2.75) is 45.9 Å². The molecular formula is C23H28N4O. The van der Waals surface area contributed by atoms with Gasteiger partial charge < -0.3 is 4.74 Å². The first-order valence-corrected chi connectivity index (χ1v) is 10.0. The van der Waals surface area contributed by atoms with Gasteiger partial charge in [0.25, 0.3) is 0 Å². The van der Waals surface area contributed by atoms with Crippen LogP contribution in [-0.2, 0) is 17.8 Å². The zero-order valence-corrected chi connectivity index (χ0v) is 16.7. The smallest absolute Gasteiger partial charge is 0.0719 e. The number of aryl methyl sites for hydroxylation is 2. The highest BCUT2D eigenvalue weighted by Crippen LogP contribution is 2.24. The van der Waals surface area contributed by atoms with Gasteiger partial charge in [0.1, 0.15) is 0 Å². The molecule has 0 amide bonds. The van der Waals surface area contributed by atoms with Crippen molar-refractivity contribution in [3.05, 3.63) is 77.4 Å². The van der Waals surface area contributed by atoms with Gasteiger partial charge in [0.05, 0.1) is 17.5 Å². The number of ether oxygens (including phenoxy) is 1. The van der Waals surface area contributed by atoms with Gasteiger partial charge in [-0.05, 0) is 56.0 Å². The summed E-state index contributed by atoms with van der Waals surface area (Å²) in [7, 11) is 0. The molecule has 28 heavy (non-hydrogen) atoms. The molecule has 0 unspecified atom stereocenters. The maximum atomic E-state index is 5.93. The minimum absolute atomic E-state index is 0.308. The second-order valence-corrected chi connectivity index (χ2v) is 7.67. The zero-order valence-electron chi connectivity index (χ0n) is 16.7. The Labute approximate surface area is 167 Å². The summed E-state index contributed by atoms with van der Waals surface area (Å²) in [6.45, 7) is 7.77. The molecule has 0 N–H and O–H groups in total. The Morgan fingerprint density at radius 2 is 2.07 bits per heavy atom. The summed E-state index contributed by atoms with van der Waals surface area (Å²) in [6.07, 6.45) is 8.32. The highest BCUT2D eigenvalue weighted by molar-refractivity contribution is 5.49. The summed E-state index contributed by atoms with van der Waals surface area (Å²) in [5.41, 5.74) is 6.07. The van der Waals surface area contributed by atoms with Crippen LogP contribution >= 0.6 is 0 Å². The van der Waals surface area contributed by atoms with Gasteiger partial charge in [-0.25, -0.2) is 4.68 Å². The lowest BCUT2D eigenvalue weighted by Crippen LogP contribution is -2.32. The van der Waals surface area contributed by atoms with Crippen LogP contribution in [0.2, 0.25) is 0 Å². The van der Waals surface area contributed by atoms with Crippen molar-refractivity contribution in [1.29, 1.82) is 0 Å². The third kappa shape index (κ3) is 4.49. The predicted octanol–water partition coefficient (Wildman–Crippen LogP) is 4.07. The highest BCUT2D eigenvalue weighted by Gasteiger charge is 2.21. The summed E-state index contributed by atoms with van der Waals surface area (Å²) >= 11 is 0. The van der Waals surface area contributed by atoms with Crippen LogP contribution in [0.25, 0.3) is 5.69 Å². The molecule has 146 valence electrons. The van der Waals surface area contributed by atoms with Crippen molar-refractivity contribution < 1.29 is 4.74 Å². The summed E-state index contributed by atoms with van der Waals surface area (Å²) in [5, 5.41) is 4.49. The molecule has 5 heteroatoms. The van der Waals surface area contributed by atoms with E-state index in [-0.39, 0.29) is 0 Å². The molecule has 1 saturated heterocycles. The van der Waals surface area contributed by atoms with Gasteiger partial charge in [-0.15, -0.1) is 0 Å². The standard InChI is InChI=1S/C23H28N4O/c1-18-13-19(2)23(27-11-6-10-25-27)20(14-18)15-26(17-22-8-5-12-28-22)16-21-7-3-4-9-24-21/h3-4,6-7,9-11,13-14,22H,5,8,12,15-17H2,1-2H3/t22-/m1/s1. The first-order chi connectivity index (χ1) is 13.7. The molecular weight excluding hydrogens is 348 g/mol. The molecule has 1 aromatic carbocycles. The van der Waals surface area contributed by atoms with Gasteiger partial charge in [0.2, 0.25) is 0 Å².